The summed E-state index contributed by atoms with van der Waals surface area (Å²) in [6.07, 6.45) is 0. The molecule has 2 aromatic rings. The Balaban J connectivity index is 1.85. The largest absolute Gasteiger partial charge is 0.497 e. The van der Waals surface area contributed by atoms with Crippen LogP contribution in [-0.4, -0.2) is 34.5 Å². The third-order valence-corrected chi connectivity index (χ3v) is 5.79. The van der Waals surface area contributed by atoms with Gasteiger partial charge in [-0.15, -0.1) is 11.8 Å². The highest BCUT2D eigenvalue weighted by atomic mass is 32.2. The molecule has 3 rings (SSSR count). The van der Waals surface area contributed by atoms with Crippen LogP contribution in [0.4, 0.5) is 5.69 Å². The fourth-order valence-corrected chi connectivity index (χ4v) is 4.56. The standard InChI is InChI=1S/C13H15N3O2S2/c1-17-8-2-3-9(10(14)6-8)13-15-12(16-18-13)11-7-19-4-5-20-11/h2-3,6,11H,4-5,7,14H2,1H3. The van der Waals surface area contributed by atoms with E-state index in [1.165, 1.54) is 5.75 Å². The van der Waals surface area contributed by atoms with E-state index in [2.05, 4.69) is 10.1 Å². The molecule has 1 aromatic heterocycles. The van der Waals surface area contributed by atoms with E-state index in [0.29, 0.717) is 22.6 Å². The third-order valence-electron chi connectivity index (χ3n) is 3.03. The number of hydrogen-bond donors (Lipinski definition) is 1. The van der Waals surface area contributed by atoms with Crippen molar-refractivity contribution in [3.8, 4) is 17.2 Å². The Morgan fingerprint density at radius 1 is 1.40 bits per heavy atom. The molecule has 0 amide bonds. The van der Waals surface area contributed by atoms with Crippen molar-refractivity contribution in [1.82, 2.24) is 10.1 Å². The van der Waals surface area contributed by atoms with E-state index >= 15 is 0 Å². The minimum Gasteiger partial charge on any atom is -0.497 e. The zero-order valence-electron chi connectivity index (χ0n) is 11.0. The molecule has 0 radical (unpaired) electrons. The summed E-state index contributed by atoms with van der Waals surface area (Å²) in [7, 11) is 1.61. The molecule has 0 spiro atoms. The summed E-state index contributed by atoms with van der Waals surface area (Å²) >= 11 is 3.81. The maximum atomic E-state index is 6.00. The molecule has 1 aliphatic rings. The van der Waals surface area contributed by atoms with Gasteiger partial charge in [-0.05, 0) is 12.1 Å². The lowest BCUT2D eigenvalue weighted by Crippen LogP contribution is -2.07. The molecular formula is C13H15N3O2S2. The molecule has 0 saturated carbocycles. The molecule has 1 unspecified atom stereocenters. The zero-order valence-corrected chi connectivity index (χ0v) is 12.7. The lowest BCUT2D eigenvalue weighted by atomic mass is 10.1. The number of aromatic nitrogens is 2. The van der Waals surface area contributed by atoms with E-state index in [-0.39, 0.29) is 0 Å². The Hall–Kier alpha value is -1.34. The molecule has 20 heavy (non-hydrogen) atoms. The van der Waals surface area contributed by atoms with Crippen molar-refractivity contribution in [3.05, 3.63) is 24.0 Å². The van der Waals surface area contributed by atoms with Crippen LogP contribution in [0.2, 0.25) is 0 Å². The van der Waals surface area contributed by atoms with Gasteiger partial charge in [0, 0.05) is 29.0 Å². The fourth-order valence-electron chi connectivity index (χ4n) is 1.97. The second kappa shape index (κ2) is 5.97. The second-order valence-corrected chi connectivity index (χ2v) is 6.81. The molecule has 0 bridgehead atoms. The molecule has 1 aliphatic heterocycles. The quantitative estimate of drug-likeness (QED) is 0.874. The van der Waals surface area contributed by atoms with Gasteiger partial charge in [0.1, 0.15) is 5.75 Å². The highest BCUT2D eigenvalue weighted by Crippen LogP contribution is 2.36. The summed E-state index contributed by atoms with van der Waals surface area (Å²) in [5, 5.41) is 4.40. The summed E-state index contributed by atoms with van der Waals surface area (Å²) < 4.78 is 10.5. The SMILES string of the molecule is COc1ccc(-c2nc(C3CSCCS3)no2)c(N)c1. The molecule has 1 atom stereocenters. The maximum absolute atomic E-state index is 6.00. The van der Waals surface area contributed by atoms with Crippen LogP contribution in [0.3, 0.4) is 0 Å². The van der Waals surface area contributed by atoms with Crippen LogP contribution in [-0.2, 0) is 0 Å². The van der Waals surface area contributed by atoms with Crippen molar-refractivity contribution in [1.29, 1.82) is 0 Å². The molecule has 1 fully saturated rings. The van der Waals surface area contributed by atoms with Gasteiger partial charge < -0.3 is 15.0 Å². The first-order chi connectivity index (χ1) is 9.78. The molecule has 1 saturated heterocycles. The van der Waals surface area contributed by atoms with E-state index in [9.17, 15) is 0 Å². The van der Waals surface area contributed by atoms with Crippen LogP contribution in [0.1, 0.15) is 11.1 Å². The van der Waals surface area contributed by atoms with Crippen molar-refractivity contribution in [3.63, 3.8) is 0 Å². The minimum atomic E-state index is 0.311. The smallest absolute Gasteiger partial charge is 0.260 e. The predicted octanol–water partition coefficient (Wildman–Crippen LogP) is 2.85. The number of thioether (sulfide) groups is 2. The average Bonchev–Trinajstić information content (AvgIpc) is 2.97. The second-order valence-electron chi connectivity index (χ2n) is 4.35. The van der Waals surface area contributed by atoms with E-state index in [4.69, 9.17) is 15.0 Å². The molecular weight excluding hydrogens is 294 g/mol. The van der Waals surface area contributed by atoms with Gasteiger partial charge in [-0.25, -0.2) is 0 Å². The summed E-state index contributed by atoms with van der Waals surface area (Å²) in [4.78, 5) is 4.49. The Kier molecular flexibility index (Phi) is 4.07. The number of ether oxygens (including phenoxy) is 1. The molecule has 1 aromatic carbocycles. The van der Waals surface area contributed by atoms with Crippen molar-refractivity contribution < 1.29 is 9.26 Å². The molecule has 7 heteroatoms. The van der Waals surface area contributed by atoms with Crippen LogP contribution in [0.25, 0.3) is 11.5 Å². The Bertz CT molecular complexity index is 597. The highest BCUT2D eigenvalue weighted by Gasteiger charge is 2.22. The lowest BCUT2D eigenvalue weighted by molar-refractivity contribution is 0.414. The molecule has 0 aliphatic carbocycles. The lowest BCUT2D eigenvalue weighted by Gasteiger charge is -2.16. The first kappa shape index (κ1) is 13.6. The van der Waals surface area contributed by atoms with Gasteiger partial charge in [-0.2, -0.15) is 16.7 Å². The van der Waals surface area contributed by atoms with E-state index in [1.54, 1.807) is 13.2 Å². The number of methoxy groups -OCH3 is 1. The van der Waals surface area contributed by atoms with Crippen LogP contribution >= 0.6 is 23.5 Å². The van der Waals surface area contributed by atoms with E-state index in [0.717, 1.165) is 22.9 Å². The van der Waals surface area contributed by atoms with Crippen LogP contribution < -0.4 is 10.5 Å². The van der Waals surface area contributed by atoms with Gasteiger partial charge in [0.25, 0.3) is 5.89 Å². The van der Waals surface area contributed by atoms with Crippen molar-refractivity contribution >= 4 is 29.2 Å². The summed E-state index contributed by atoms with van der Waals surface area (Å²) in [6.45, 7) is 0. The average molecular weight is 309 g/mol. The third kappa shape index (κ3) is 2.73. The van der Waals surface area contributed by atoms with Crippen LogP contribution in [0.15, 0.2) is 22.7 Å². The number of rotatable bonds is 3. The molecule has 2 N–H and O–H groups in total. The zero-order chi connectivity index (χ0) is 13.9. The van der Waals surface area contributed by atoms with Gasteiger partial charge in [0.05, 0.1) is 17.9 Å². The van der Waals surface area contributed by atoms with Crippen LogP contribution in [0, 0.1) is 0 Å². The summed E-state index contributed by atoms with van der Waals surface area (Å²) in [5.41, 5.74) is 7.32. The van der Waals surface area contributed by atoms with Crippen molar-refractivity contribution in [2.75, 3.05) is 30.1 Å². The molecule has 106 valence electrons. The predicted molar refractivity (Wildman–Crippen MR) is 83.2 cm³/mol. The maximum Gasteiger partial charge on any atom is 0.260 e. The topological polar surface area (TPSA) is 74.2 Å². The normalized spacial score (nSPS) is 18.9. The number of nitrogens with zero attached hydrogens (tertiary/aromatic N) is 2. The fraction of sp³-hybridized carbons (Fsp3) is 0.385. The number of nitrogens with two attached hydrogens (primary N) is 1. The monoisotopic (exact) mass is 309 g/mol. The first-order valence-corrected chi connectivity index (χ1v) is 8.45. The highest BCUT2D eigenvalue weighted by molar-refractivity contribution is 8.06. The Labute approximate surface area is 125 Å². The van der Waals surface area contributed by atoms with Gasteiger partial charge in [-0.1, -0.05) is 5.16 Å². The van der Waals surface area contributed by atoms with E-state index in [1.807, 2.05) is 35.7 Å². The molecule has 5 nitrogen and oxygen atoms in total. The first-order valence-electron chi connectivity index (χ1n) is 6.25. The van der Waals surface area contributed by atoms with Gasteiger partial charge in [-0.3, -0.25) is 0 Å². The Morgan fingerprint density at radius 3 is 3.00 bits per heavy atom. The number of benzene rings is 1. The number of anilines is 1. The minimum absolute atomic E-state index is 0.311. The van der Waals surface area contributed by atoms with Gasteiger partial charge >= 0.3 is 0 Å². The van der Waals surface area contributed by atoms with Crippen molar-refractivity contribution in [2.45, 2.75) is 5.25 Å². The summed E-state index contributed by atoms with van der Waals surface area (Å²) in [6, 6.07) is 5.43. The van der Waals surface area contributed by atoms with Crippen molar-refractivity contribution in [2.24, 2.45) is 0 Å². The summed E-state index contributed by atoms with van der Waals surface area (Å²) in [5.74, 6) is 5.29. The Morgan fingerprint density at radius 2 is 2.30 bits per heavy atom. The van der Waals surface area contributed by atoms with E-state index < -0.39 is 0 Å². The molecule has 2 heterocycles. The number of nitrogen functional groups attached to an aromatic ring is 1. The van der Waals surface area contributed by atoms with Gasteiger partial charge in [0.2, 0.25) is 0 Å². The number of hydrogen-bond acceptors (Lipinski definition) is 7. The van der Waals surface area contributed by atoms with Gasteiger partial charge in [0.15, 0.2) is 5.82 Å². The van der Waals surface area contributed by atoms with Crippen LogP contribution in [0.5, 0.6) is 5.75 Å².